The third-order valence-electron chi connectivity index (χ3n) is 0. The lowest BCUT2D eigenvalue weighted by Gasteiger charge is -2.03. The zero-order valence-electron chi connectivity index (χ0n) is 5.33. The van der Waals surface area contributed by atoms with Crippen LogP contribution in [-0.2, 0) is 0 Å². The van der Waals surface area contributed by atoms with E-state index in [0.29, 0.717) is 0 Å². The molecule has 0 aromatic carbocycles. The van der Waals surface area contributed by atoms with Crippen molar-refractivity contribution in [1.29, 1.82) is 0 Å². The smallest absolute Gasteiger partial charge is 0.372 e. The van der Waals surface area contributed by atoms with Crippen LogP contribution < -0.4 is 31.7 Å². The molecule has 13 heteroatoms. The lowest BCUT2D eigenvalue weighted by molar-refractivity contribution is -1.92. The van der Waals surface area contributed by atoms with Crippen LogP contribution in [0.5, 0.6) is 0 Å². The lowest BCUT2D eigenvalue weighted by atomic mass is 15.8. The van der Waals surface area contributed by atoms with Crippen LogP contribution in [0, 0.1) is 35.8 Å². The first-order valence-electron chi connectivity index (χ1n) is 1.59. The highest BCUT2D eigenvalue weighted by Crippen LogP contribution is 1.60. The first kappa shape index (κ1) is 19.3. The molecule has 0 aliphatic rings. The van der Waals surface area contributed by atoms with Gasteiger partial charge in [0, 0.05) is 4.66 Å². The molecule has 3 N–H and O–H groups in total. The van der Waals surface area contributed by atoms with Crippen molar-refractivity contribution >= 4 is 0 Å². The molecular formula is H3BrCl2O10. The first-order valence-corrected chi connectivity index (χ1v) is 5.81. The molecule has 0 rings (SSSR count). The summed E-state index contributed by atoms with van der Waals surface area (Å²) in [5.41, 5.74) is 0. The van der Waals surface area contributed by atoms with Gasteiger partial charge in [0.25, 0.3) is 10.8 Å². The van der Waals surface area contributed by atoms with Crippen LogP contribution in [0.1, 0.15) is 0 Å². The highest BCUT2D eigenvalue weighted by Gasteiger charge is 1.98. The molecule has 0 unspecified atom stereocenters. The summed E-state index contributed by atoms with van der Waals surface area (Å²) < 4.78 is 81.0. The summed E-state index contributed by atoms with van der Waals surface area (Å²) in [6, 6.07) is 0. The van der Waals surface area contributed by atoms with Gasteiger partial charge in [0.15, 0.2) is 0 Å². The van der Waals surface area contributed by atoms with Crippen molar-refractivity contribution < 1.29 is 81.0 Å². The molecule has 0 aliphatic heterocycles. The topological polar surface area (TPSA) is 222 Å². The Morgan fingerprint density at radius 2 is 1.08 bits per heavy atom. The van der Waals surface area contributed by atoms with Gasteiger partial charge in [0.1, 0.15) is 0 Å². The van der Waals surface area contributed by atoms with Crippen LogP contribution in [0.15, 0.2) is 0 Å². The minimum atomic E-state index is -4.69. The van der Waals surface area contributed by atoms with E-state index in [1.165, 1.54) is 0 Å². The Balaban J connectivity index is -0.000000117. The number of halogens is 3. The van der Waals surface area contributed by atoms with E-state index >= 15 is 0 Å². The standard InChI is InChI=1S/BrHO3.ClHO4.ClHO3/c2-1(3)4;2-1(3,4)5;2-1(3)4/h2H;(H,2,3,4,5);2H. The molecule has 13 heavy (non-hydrogen) atoms. The van der Waals surface area contributed by atoms with E-state index in [1.807, 2.05) is 0 Å². The average molecular weight is 314 g/mol. The van der Waals surface area contributed by atoms with Gasteiger partial charge in [-0.1, -0.05) is 0 Å². The van der Waals surface area contributed by atoms with E-state index in [9.17, 15) is 0 Å². The minimum Gasteiger partial charge on any atom is -0.372 e. The van der Waals surface area contributed by atoms with Crippen LogP contribution in [0.4, 0.5) is 0 Å². The summed E-state index contributed by atoms with van der Waals surface area (Å²) >= 11 is -3.40. The minimum absolute atomic E-state index is 2.60. The van der Waals surface area contributed by atoms with Gasteiger partial charge < -0.3 is 17.7 Å². The van der Waals surface area contributed by atoms with Crippen LogP contribution in [0.2, 0.25) is 0 Å². The largest absolute Gasteiger partial charge is 0.433 e. The molecule has 0 aromatic heterocycles. The lowest BCUT2D eigenvalue weighted by Crippen LogP contribution is -2.58. The van der Waals surface area contributed by atoms with Gasteiger partial charge in [-0.05, 0) is 4.20 Å². The van der Waals surface area contributed by atoms with E-state index in [2.05, 4.69) is 0 Å². The van der Waals surface area contributed by atoms with E-state index in [0.717, 1.165) is 0 Å². The zero-order valence-corrected chi connectivity index (χ0v) is 8.43. The second-order valence-electron chi connectivity index (χ2n) is 0.798. The second kappa shape index (κ2) is 10.7. The molecule has 10 nitrogen and oxygen atoms in total. The number of rotatable bonds is 0. The summed E-state index contributed by atoms with van der Waals surface area (Å²) in [6.45, 7) is 0. The fourth-order valence-corrected chi connectivity index (χ4v) is 0. The molecular weight excluding hydrogens is 311 g/mol. The fourth-order valence-electron chi connectivity index (χ4n) is 0. The molecule has 0 aromatic rings. The van der Waals surface area contributed by atoms with Gasteiger partial charge in [-0.15, -0.1) is 0 Å². The summed E-state index contributed by atoms with van der Waals surface area (Å²) in [4.78, 5) is 0. The Morgan fingerprint density at radius 1 is 1.08 bits per heavy atom. The molecule has 0 heterocycles. The van der Waals surface area contributed by atoms with Gasteiger partial charge in [0.2, 0.25) is 0 Å². The third kappa shape index (κ3) is 3300. The zero-order chi connectivity index (χ0) is 11.7. The predicted molar refractivity (Wildman–Crippen MR) is 6.66 cm³/mol. The van der Waals surface area contributed by atoms with Crippen molar-refractivity contribution in [3.8, 4) is 0 Å². The van der Waals surface area contributed by atoms with E-state index in [1.54, 1.807) is 0 Å². The second-order valence-corrected chi connectivity index (χ2v) is 2.84. The quantitative estimate of drug-likeness (QED) is 0.382. The Labute approximate surface area is 81.5 Å². The SMILES string of the molecule is [O-][Br+2]([O-])O.[O-][Cl+2]([O-])O.[O-][Cl+3]([O-])([O-])O. The van der Waals surface area contributed by atoms with E-state index in [-0.39, 0.29) is 0 Å². The molecule has 0 spiro atoms. The molecule has 0 atom stereocenters. The third-order valence-corrected chi connectivity index (χ3v) is 0. The predicted octanol–water partition coefficient (Wildman–Crippen LogP) is -9.99. The van der Waals surface area contributed by atoms with E-state index < -0.39 is 35.8 Å². The van der Waals surface area contributed by atoms with Gasteiger partial charge in [-0.2, -0.15) is 14.0 Å². The Bertz CT molecular complexity index is 67.9. The van der Waals surface area contributed by atoms with Crippen molar-refractivity contribution in [1.82, 2.24) is 0 Å². The maximum absolute atomic E-state index is 8.63. The fraction of sp³-hybridized carbons (Fsp3) is 0. The average Bonchev–Trinajstić information content (AvgIpc) is 1.50. The van der Waals surface area contributed by atoms with Crippen LogP contribution in [-0.4, -0.2) is 13.5 Å². The highest BCUT2D eigenvalue weighted by atomic mass is 80.0. The van der Waals surface area contributed by atoms with Crippen molar-refractivity contribution in [3.05, 3.63) is 0 Å². The van der Waals surface area contributed by atoms with Gasteiger partial charge in [0.05, 0.1) is 14.9 Å². The normalized spacial score (nSPS) is 10.2. The van der Waals surface area contributed by atoms with Crippen molar-refractivity contribution in [2.75, 3.05) is 0 Å². The molecule has 0 saturated heterocycles. The Kier molecular flexibility index (Phi) is 15.9. The van der Waals surface area contributed by atoms with Gasteiger partial charge >= 0.3 is 14.8 Å². The Hall–Kier alpha value is 0.660. The summed E-state index contributed by atoms with van der Waals surface area (Å²) in [6.07, 6.45) is 0. The molecule has 0 bridgehead atoms. The molecule has 84 valence electrons. The number of hydrogen-bond acceptors (Lipinski definition) is 10. The summed E-state index contributed by atoms with van der Waals surface area (Å²) in [7, 11) is -7.30. The van der Waals surface area contributed by atoms with Crippen LogP contribution in [0.25, 0.3) is 0 Å². The van der Waals surface area contributed by atoms with Gasteiger partial charge in [-0.25, -0.2) is 0 Å². The van der Waals surface area contributed by atoms with Crippen molar-refractivity contribution in [2.24, 2.45) is 0 Å². The first-order chi connectivity index (χ1) is 5.46. The van der Waals surface area contributed by atoms with Gasteiger partial charge in [-0.3, -0.25) is 0 Å². The van der Waals surface area contributed by atoms with E-state index in [4.69, 9.17) is 45.2 Å². The van der Waals surface area contributed by atoms with Crippen molar-refractivity contribution in [2.45, 2.75) is 0 Å². The number of hydrogen-bond donors (Lipinski definition) is 3. The van der Waals surface area contributed by atoms with Crippen LogP contribution in [0.3, 0.4) is 0 Å². The van der Waals surface area contributed by atoms with Crippen molar-refractivity contribution in [3.63, 3.8) is 0 Å². The monoisotopic (exact) mass is 312 g/mol. The maximum Gasteiger partial charge on any atom is 0.433 e. The Morgan fingerprint density at radius 3 is 1.08 bits per heavy atom. The van der Waals surface area contributed by atoms with Crippen LogP contribution >= 0.6 is 0 Å². The molecule has 0 aliphatic carbocycles. The maximum atomic E-state index is 8.63. The summed E-state index contributed by atoms with van der Waals surface area (Å²) in [5, 5.41) is 0. The highest BCUT2D eigenvalue weighted by molar-refractivity contribution is 2.15. The molecule has 0 amide bonds. The summed E-state index contributed by atoms with van der Waals surface area (Å²) in [5.74, 6) is 0. The molecule has 0 radical (unpaired) electrons. The molecule has 0 fully saturated rings. The molecule has 0 saturated carbocycles.